The maximum Gasteiger partial charge on any atom is 0.418 e. The minimum atomic E-state index is -4.75. The molecule has 0 unspecified atom stereocenters. The number of urea groups is 1. The third kappa shape index (κ3) is 2.51. The average molecular weight is 385 g/mol. The molecule has 2 amide bonds. The first-order valence-electron chi connectivity index (χ1n) is 8.64. The zero-order valence-corrected chi connectivity index (χ0v) is 14.7. The molecule has 5 rings (SSSR count). The van der Waals surface area contributed by atoms with Crippen molar-refractivity contribution in [2.75, 3.05) is 19.6 Å². The Morgan fingerprint density at radius 1 is 1.23 bits per heavy atom. The molecule has 4 aliphatic rings. The van der Waals surface area contributed by atoms with Gasteiger partial charge in [-0.3, -0.25) is 4.55 Å². The topological polar surface area (TPSA) is 138 Å². The molecule has 142 valence electrons. The molecule has 12 heteroatoms. The highest BCUT2D eigenvalue weighted by molar-refractivity contribution is 7.80. The molecular formula is C14H19N5O6S. The molecule has 4 fully saturated rings. The van der Waals surface area contributed by atoms with Crippen molar-refractivity contribution in [2.45, 2.75) is 43.7 Å². The monoisotopic (exact) mass is 385 g/mol. The van der Waals surface area contributed by atoms with E-state index in [1.807, 2.05) is 0 Å². The van der Waals surface area contributed by atoms with E-state index in [4.69, 9.17) is 8.97 Å². The van der Waals surface area contributed by atoms with Crippen LogP contribution in [0.2, 0.25) is 0 Å². The molecule has 2 N–H and O–H groups in total. The van der Waals surface area contributed by atoms with E-state index in [1.165, 1.54) is 4.90 Å². The Morgan fingerprint density at radius 3 is 2.62 bits per heavy atom. The van der Waals surface area contributed by atoms with Crippen LogP contribution in [0.3, 0.4) is 0 Å². The summed E-state index contributed by atoms with van der Waals surface area (Å²) >= 11 is 0. The molecule has 0 radical (unpaired) electrons. The van der Waals surface area contributed by atoms with Gasteiger partial charge in [0.25, 0.3) is 0 Å². The smallest absolute Gasteiger partial charge is 0.418 e. The molecule has 1 saturated carbocycles. The first-order chi connectivity index (χ1) is 12.3. The number of piperidine rings is 1. The number of rotatable bonds is 4. The minimum absolute atomic E-state index is 0.267. The van der Waals surface area contributed by atoms with E-state index >= 15 is 0 Å². The van der Waals surface area contributed by atoms with Crippen molar-refractivity contribution < 1.29 is 26.5 Å². The number of carbonyl (C=O) groups is 1. The van der Waals surface area contributed by atoms with Crippen LogP contribution >= 0.6 is 0 Å². The Hall–Kier alpha value is -1.76. The second-order valence-corrected chi connectivity index (χ2v) is 8.70. The van der Waals surface area contributed by atoms with Crippen LogP contribution in [0.4, 0.5) is 4.79 Å². The van der Waals surface area contributed by atoms with E-state index in [9.17, 15) is 13.2 Å². The third-order valence-corrected chi connectivity index (χ3v) is 6.30. The number of nitrogens with one attached hydrogen (secondary N) is 1. The summed E-state index contributed by atoms with van der Waals surface area (Å²) in [6.07, 6.45) is 3.14. The van der Waals surface area contributed by atoms with Crippen LogP contribution in [0, 0.1) is 5.41 Å². The van der Waals surface area contributed by atoms with Gasteiger partial charge in [0.2, 0.25) is 11.8 Å². The van der Waals surface area contributed by atoms with Crippen LogP contribution in [-0.2, 0) is 14.7 Å². The van der Waals surface area contributed by atoms with Crippen molar-refractivity contribution in [2.24, 2.45) is 5.41 Å². The molecule has 2 atom stereocenters. The van der Waals surface area contributed by atoms with Gasteiger partial charge in [0.1, 0.15) is 6.04 Å². The molecule has 1 spiro atoms. The molecule has 11 nitrogen and oxygen atoms in total. The Kier molecular flexibility index (Phi) is 3.39. The highest BCUT2D eigenvalue weighted by atomic mass is 32.3. The van der Waals surface area contributed by atoms with Gasteiger partial charge in [-0.2, -0.15) is 13.5 Å². The number of hydroxylamine groups is 2. The molecule has 2 bridgehead atoms. The largest absolute Gasteiger partial charge is 0.423 e. The summed E-state index contributed by atoms with van der Waals surface area (Å²) < 4.78 is 41.0. The van der Waals surface area contributed by atoms with Gasteiger partial charge in [0, 0.05) is 25.6 Å². The van der Waals surface area contributed by atoms with Crippen molar-refractivity contribution in [3.8, 4) is 0 Å². The SMILES string of the molecule is O=C1N2C[C@H](CC[C@H]2c2nnc(C3CC4(CNC4)C3)o2)N1OS(=O)(=O)O. The summed E-state index contributed by atoms with van der Waals surface area (Å²) in [4.78, 5) is 13.9. The van der Waals surface area contributed by atoms with Gasteiger partial charge in [-0.25, -0.2) is 4.79 Å². The lowest BCUT2D eigenvalue weighted by atomic mass is 9.58. The fourth-order valence-electron chi connectivity index (χ4n) is 4.56. The van der Waals surface area contributed by atoms with Crippen molar-refractivity contribution >= 4 is 16.4 Å². The van der Waals surface area contributed by atoms with Gasteiger partial charge >= 0.3 is 16.4 Å². The first kappa shape index (κ1) is 16.4. The maximum atomic E-state index is 12.4. The van der Waals surface area contributed by atoms with Crippen LogP contribution in [0.1, 0.15) is 49.4 Å². The van der Waals surface area contributed by atoms with Crippen LogP contribution in [0.5, 0.6) is 0 Å². The van der Waals surface area contributed by atoms with E-state index in [2.05, 4.69) is 19.8 Å². The van der Waals surface area contributed by atoms with E-state index in [0.29, 0.717) is 35.1 Å². The number of nitrogens with zero attached hydrogens (tertiary/aromatic N) is 4. The summed E-state index contributed by atoms with van der Waals surface area (Å²) in [7, 11) is -4.75. The molecule has 1 aromatic heterocycles. The van der Waals surface area contributed by atoms with Crippen LogP contribution < -0.4 is 5.32 Å². The summed E-state index contributed by atoms with van der Waals surface area (Å²) in [5, 5.41) is 12.3. The highest BCUT2D eigenvalue weighted by Gasteiger charge is 2.52. The fraction of sp³-hybridized carbons (Fsp3) is 0.786. The van der Waals surface area contributed by atoms with Crippen molar-refractivity contribution in [1.82, 2.24) is 25.5 Å². The first-order valence-corrected chi connectivity index (χ1v) is 10.0. The predicted molar refractivity (Wildman–Crippen MR) is 83.9 cm³/mol. The number of fused-ring (bicyclic) bond motifs is 2. The van der Waals surface area contributed by atoms with Crippen molar-refractivity contribution in [3.05, 3.63) is 11.8 Å². The van der Waals surface area contributed by atoms with E-state index in [0.717, 1.165) is 25.9 Å². The van der Waals surface area contributed by atoms with Gasteiger partial charge in [0.05, 0.1) is 6.04 Å². The van der Waals surface area contributed by atoms with E-state index in [1.54, 1.807) is 0 Å². The van der Waals surface area contributed by atoms with Crippen LogP contribution in [0.15, 0.2) is 4.42 Å². The lowest BCUT2D eigenvalue weighted by Crippen LogP contribution is -2.59. The van der Waals surface area contributed by atoms with Gasteiger partial charge in [-0.05, 0) is 31.1 Å². The van der Waals surface area contributed by atoms with Gasteiger partial charge < -0.3 is 14.6 Å². The van der Waals surface area contributed by atoms with Gasteiger partial charge in [-0.1, -0.05) is 0 Å². The molecule has 1 aromatic rings. The van der Waals surface area contributed by atoms with E-state index in [-0.39, 0.29) is 12.5 Å². The number of hydrogen-bond donors (Lipinski definition) is 2. The molecule has 4 heterocycles. The Balaban J connectivity index is 1.30. The summed E-state index contributed by atoms with van der Waals surface area (Å²) in [6, 6.07) is -1.46. The summed E-state index contributed by atoms with van der Waals surface area (Å²) in [5.41, 5.74) is 0.399. The number of carbonyl (C=O) groups excluding carboxylic acids is 1. The van der Waals surface area contributed by atoms with Crippen LogP contribution in [-0.4, -0.2) is 64.8 Å². The second kappa shape index (κ2) is 5.38. The maximum absolute atomic E-state index is 12.4. The fourth-order valence-corrected chi connectivity index (χ4v) is 4.95. The van der Waals surface area contributed by atoms with Crippen molar-refractivity contribution in [1.29, 1.82) is 0 Å². The molecule has 1 aliphatic carbocycles. The standard InChI is InChI=1S/C14H19N5O6S/c20-13-18-5-9(19(13)25-26(21,22)23)1-2-10(18)12-17-16-11(24-12)8-3-14(4-8)6-15-7-14/h8-10,15H,1-7H2,(H,21,22,23)/t9-,10-/m0/s1. The molecule has 3 aliphatic heterocycles. The lowest BCUT2D eigenvalue weighted by molar-refractivity contribution is -0.0317. The zero-order valence-electron chi connectivity index (χ0n) is 13.9. The normalized spacial score (nSPS) is 30.6. The van der Waals surface area contributed by atoms with Crippen molar-refractivity contribution in [3.63, 3.8) is 0 Å². The number of hydrogen-bond acceptors (Lipinski definition) is 8. The minimum Gasteiger partial charge on any atom is -0.423 e. The average Bonchev–Trinajstić information content (AvgIpc) is 3.04. The molecule has 3 saturated heterocycles. The zero-order chi connectivity index (χ0) is 18.1. The Morgan fingerprint density at radius 2 is 1.96 bits per heavy atom. The highest BCUT2D eigenvalue weighted by Crippen LogP contribution is 2.53. The third-order valence-electron chi connectivity index (χ3n) is 5.95. The van der Waals surface area contributed by atoms with Crippen LogP contribution in [0.25, 0.3) is 0 Å². The molecule has 0 aromatic carbocycles. The van der Waals surface area contributed by atoms with E-state index < -0.39 is 28.5 Å². The van der Waals surface area contributed by atoms with Gasteiger partial charge in [0.15, 0.2) is 0 Å². The second-order valence-electron chi connectivity index (χ2n) is 7.70. The lowest BCUT2D eigenvalue weighted by Gasteiger charge is -2.53. The Bertz CT molecular complexity index is 844. The summed E-state index contributed by atoms with van der Waals surface area (Å²) in [6.45, 7) is 2.37. The summed E-state index contributed by atoms with van der Waals surface area (Å²) in [5.74, 6) is 1.24. The Labute approximate surface area is 149 Å². The predicted octanol–water partition coefficient (Wildman–Crippen LogP) is 0.212. The molecular weight excluding hydrogens is 366 g/mol. The number of aromatic nitrogens is 2. The number of amides is 2. The quantitative estimate of drug-likeness (QED) is 0.696. The van der Waals surface area contributed by atoms with Gasteiger partial charge in [-0.15, -0.1) is 14.5 Å². The molecule has 26 heavy (non-hydrogen) atoms.